The van der Waals surface area contributed by atoms with Crippen molar-refractivity contribution in [2.45, 2.75) is 6.92 Å². The average molecular weight is 208 g/mol. The Morgan fingerprint density at radius 3 is 2.47 bits per heavy atom. The summed E-state index contributed by atoms with van der Waals surface area (Å²) in [7, 11) is 3.51. The summed E-state index contributed by atoms with van der Waals surface area (Å²) in [4.78, 5) is 11.2. The van der Waals surface area contributed by atoms with Crippen LogP contribution in [0.2, 0.25) is 0 Å². The maximum atomic E-state index is 11.2. The highest BCUT2D eigenvalue weighted by Gasteiger charge is 2.02. The molecule has 1 amide bonds. The fraction of sp³-hybridized carbons (Fsp3) is 0.364. The Hall–Kier alpha value is -1.55. The van der Waals surface area contributed by atoms with E-state index in [1.165, 1.54) is 5.56 Å². The second kappa shape index (κ2) is 5.36. The van der Waals surface area contributed by atoms with E-state index in [4.69, 9.17) is 4.74 Å². The standard InChI is InChI=1S/C11H16N2O2/c1-9-4-6-10(7-5-9)15-8-11(14)12-13(2)3/h4-7H,8H2,1-3H3,(H,12,14). The highest BCUT2D eigenvalue weighted by atomic mass is 16.5. The molecular formula is C11H16N2O2. The van der Waals surface area contributed by atoms with Gasteiger partial charge in [0.25, 0.3) is 5.91 Å². The van der Waals surface area contributed by atoms with Crippen molar-refractivity contribution in [3.8, 4) is 5.75 Å². The van der Waals surface area contributed by atoms with Gasteiger partial charge in [0.05, 0.1) is 0 Å². The first kappa shape index (κ1) is 11.5. The van der Waals surface area contributed by atoms with Crippen molar-refractivity contribution in [2.24, 2.45) is 0 Å². The first-order valence-electron chi connectivity index (χ1n) is 4.74. The number of benzene rings is 1. The highest BCUT2D eigenvalue weighted by molar-refractivity contribution is 5.76. The first-order chi connectivity index (χ1) is 7.08. The van der Waals surface area contributed by atoms with E-state index in [9.17, 15) is 4.79 Å². The van der Waals surface area contributed by atoms with E-state index in [-0.39, 0.29) is 12.5 Å². The molecule has 0 heterocycles. The van der Waals surface area contributed by atoms with E-state index >= 15 is 0 Å². The molecule has 0 bridgehead atoms. The largest absolute Gasteiger partial charge is 0.484 e. The molecule has 1 rings (SSSR count). The van der Waals surface area contributed by atoms with Gasteiger partial charge in [-0.25, -0.2) is 5.01 Å². The SMILES string of the molecule is Cc1ccc(OCC(=O)NN(C)C)cc1. The van der Waals surface area contributed by atoms with Crippen molar-refractivity contribution >= 4 is 5.91 Å². The van der Waals surface area contributed by atoms with Crippen molar-refractivity contribution in [3.05, 3.63) is 29.8 Å². The first-order valence-corrected chi connectivity index (χ1v) is 4.74. The number of amides is 1. The van der Waals surface area contributed by atoms with Gasteiger partial charge in [0.15, 0.2) is 6.61 Å². The van der Waals surface area contributed by atoms with Crippen LogP contribution in [0, 0.1) is 6.92 Å². The molecule has 0 spiro atoms. The molecule has 4 heteroatoms. The maximum absolute atomic E-state index is 11.2. The Morgan fingerprint density at radius 2 is 1.93 bits per heavy atom. The van der Waals surface area contributed by atoms with Crippen molar-refractivity contribution in [1.29, 1.82) is 0 Å². The van der Waals surface area contributed by atoms with Crippen LogP contribution in [0.4, 0.5) is 0 Å². The number of hydrogen-bond donors (Lipinski definition) is 1. The number of rotatable bonds is 4. The predicted octanol–water partition coefficient (Wildman–Crippen LogP) is 0.967. The minimum atomic E-state index is -0.166. The average Bonchev–Trinajstić information content (AvgIpc) is 2.16. The van der Waals surface area contributed by atoms with Gasteiger partial charge in [-0.05, 0) is 19.1 Å². The lowest BCUT2D eigenvalue weighted by Gasteiger charge is -2.12. The molecule has 15 heavy (non-hydrogen) atoms. The fourth-order valence-electron chi connectivity index (χ4n) is 1.07. The lowest BCUT2D eigenvalue weighted by molar-refractivity contribution is -0.126. The Bertz CT molecular complexity index is 320. The Labute approximate surface area is 89.8 Å². The quantitative estimate of drug-likeness (QED) is 0.749. The number of carbonyl (C=O) groups excluding carboxylic acids is 1. The van der Waals surface area contributed by atoms with Crippen LogP contribution in [0.3, 0.4) is 0 Å². The van der Waals surface area contributed by atoms with Crippen LogP contribution in [0.5, 0.6) is 5.75 Å². The predicted molar refractivity (Wildman–Crippen MR) is 58.5 cm³/mol. The zero-order valence-corrected chi connectivity index (χ0v) is 9.28. The molecule has 0 aliphatic rings. The molecule has 1 aromatic carbocycles. The van der Waals surface area contributed by atoms with Crippen molar-refractivity contribution in [3.63, 3.8) is 0 Å². The van der Waals surface area contributed by atoms with E-state index in [0.29, 0.717) is 5.75 Å². The third kappa shape index (κ3) is 4.46. The lowest BCUT2D eigenvalue weighted by Crippen LogP contribution is -2.39. The second-order valence-corrected chi connectivity index (χ2v) is 3.53. The molecule has 0 unspecified atom stereocenters. The van der Waals surface area contributed by atoms with Gasteiger partial charge in [0, 0.05) is 14.1 Å². The van der Waals surface area contributed by atoms with Gasteiger partial charge in [-0.15, -0.1) is 0 Å². The molecule has 0 fully saturated rings. The summed E-state index contributed by atoms with van der Waals surface area (Å²) in [5.41, 5.74) is 3.76. The van der Waals surface area contributed by atoms with Gasteiger partial charge in [-0.3, -0.25) is 10.2 Å². The summed E-state index contributed by atoms with van der Waals surface area (Å²) in [5, 5.41) is 1.58. The number of hydrazine groups is 1. The number of ether oxygens (including phenoxy) is 1. The number of nitrogens with zero attached hydrogens (tertiary/aromatic N) is 1. The minimum Gasteiger partial charge on any atom is -0.484 e. The Morgan fingerprint density at radius 1 is 1.33 bits per heavy atom. The zero-order valence-electron chi connectivity index (χ0n) is 9.28. The molecule has 0 saturated heterocycles. The number of hydrogen-bond acceptors (Lipinski definition) is 3. The van der Waals surface area contributed by atoms with E-state index in [1.54, 1.807) is 19.1 Å². The minimum absolute atomic E-state index is 0.0290. The summed E-state index contributed by atoms with van der Waals surface area (Å²) in [5.74, 6) is 0.537. The smallest absolute Gasteiger partial charge is 0.272 e. The van der Waals surface area contributed by atoms with Crippen LogP contribution >= 0.6 is 0 Å². The molecular weight excluding hydrogens is 192 g/mol. The molecule has 0 radical (unpaired) electrons. The molecule has 0 saturated carbocycles. The van der Waals surface area contributed by atoms with Crippen molar-refractivity contribution in [2.75, 3.05) is 20.7 Å². The van der Waals surface area contributed by atoms with Crippen LogP contribution in [0.1, 0.15) is 5.56 Å². The van der Waals surface area contributed by atoms with Crippen LogP contribution in [0.25, 0.3) is 0 Å². The van der Waals surface area contributed by atoms with Crippen molar-refractivity contribution < 1.29 is 9.53 Å². The molecule has 1 aromatic rings. The van der Waals surface area contributed by atoms with Crippen LogP contribution in [-0.2, 0) is 4.79 Å². The number of aryl methyl sites for hydroxylation is 1. The topological polar surface area (TPSA) is 41.6 Å². The Kier molecular flexibility index (Phi) is 4.12. The number of nitrogens with one attached hydrogen (secondary N) is 1. The molecule has 82 valence electrons. The third-order valence-corrected chi connectivity index (χ3v) is 1.74. The third-order valence-electron chi connectivity index (χ3n) is 1.74. The molecule has 0 aliphatic carbocycles. The second-order valence-electron chi connectivity index (χ2n) is 3.53. The van der Waals surface area contributed by atoms with Crippen molar-refractivity contribution in [1.82, 2.24) is 10.4 Å². The summed E-state index contributed by atoms with van der Waals surface area (Å²) in [6, 6.07) is 7.58. The summed E-state index contributed by atoms with van der Waals surface area (Å²) in [6.45, 7) is 2.03. The summed E-state index contributed by atoms with van der Waals surface area (Å²) >= 11 is 0. The molecule has 0 atom stereocenters. The van der Waals surface area contributed by atoms with Gasteiger partial charge in [-0.2, -0.15) is 0 Å². The number of carbonyl (C=O) groups is 1. The van der Waals surface area contributed by atoms with Crippen LogP contribution in [-0.4, -0.2) is 31.6 Å². The molecule has 4 nitrogen and oxygen atoms in total. The van der Waals surface area contributed by atoms with Gasteiger partial charge in [0.1, 0.15) is 5.75 Å². The lowest BCUT2D eigenvalue weighted by atomic mass is 10.2. The van der Waals surface area contributed by atoms with Gasteiger partial charge >= 0.3 is 0 Å². The monoisotopic (exact) mass is 208 g/mol. The van der Waals surface area contributed by atoms with E-state index in [1.807, 2.05) is 31.2 Å². The molecule has 0 aromatic heterocycles. The van der Waals surface area contributed by atoms with E-state index in [2.05, 4.69) is 5.43 Å². The van der Waals surface area contributed by atoms with Crippen LogP contribution in [0.15, 0.2) is 24.3 Å². The fourth-order valence-corrected chi connectivity index (χ4v) is 1.07. The zero-order chi connectivity index (χ0) is 11.3. The molecule has 0 aliphatic heterocycles. The maximum Gasteiger partial charge on any atom is 0.272 e. The van der Waals surface area contributed by atoms with Gasteiger partial charge in [0.2, 0.25) is 0 Å². The van der Waals surface area contributed by atoms with E-state index in [0.717, 1.165) is 0 Å². The van der Waals surface area contributed by atoms with Gasteiger partial charge in [-0.1, -0.05) is 17.7 Å². The Balaban J connectivity index is 2.37. The molecule has 1 N–H and O–H groups in total. The highest BCUT2D eigenvalue weighted by Crippen LogP contribution is 2.10. The summed E-state index contributed by atoms with van der Waals surface area (Å²) < 4.78 is 5.28. The normalized spacial score (nSPS) is 10.1. The summed E-state index contributed by atoms with van der Waals surface area (Å²) in [6.07, 6.45) is 0. The van der Waals surface area contributed by atoms with Gasteiger partial charge < -0.3 is 4.74 Å². The van der Waals surface area contributed by atoms with Crippen LogP contribution < -0.4 is 10.2 Å². The van der Waals surface area contributed by atoms with E-state index < -0.39 is 0 Å².